The topological polar surface area (TPSA) is 188 Å². The molecule has 0 aliphatic carbocycles. The lowest BCUT2D eigenvalue weighted by Gasteiger charge is -2.31. The number of ether oxygens (including phenoxy) is 2. The van der Waals surface area contributed by atoms with Crippen molar-refractivity contribution >= 4 is 49.0 Å². The molecule has 0 bridgehead atoms. The fourth-order valence-electron chi connectivity index (χ4n) is 7.59. The van der Waals surface area contributed by atoms with Gasteiger partial charge in [-0.15, -0.1) is 0 Å². The van der Waals surface area contributed by atoms with Gasteiger partial charge in [0.25, 0.3) is 0 Å². The van der Waals surface area contributed by atoms with Crippen LogP contribution in [0.15, 0.2) is 95.9 Å². The van der Waals surface area contributed by atoms with Gasteiger partial charge >= 0.3 is 31.8 Å². The van der Waals surface area contributed by atoms with Crippen LogP contribution in [0.25, 0.3) is 0 Å². The third-order valence-corrected chi connectivity index (χ3v) is 15.9. The number of anilines is 1. The number of aromatic nitrogens is 2. The molecule has 7 atom stereocenters. The molecular formula is C49H61F6N4O10PS2. The molecule has 1 aliphatic heterocycles. The fourth-order valence-corrected chi connectivity index (χ4v) is 11.5. The minimum absolute atomic E-state index is 0.0172. The number of rotatable bonds is 25. The van der Waals surface area contributed by atoms with Gasteiger partial charge in [-0.1, -0.05) is 63.2 Å². The molecule has 5 rings (SSSR count). The summed E-state index contributed by atoms with van der Waals surface area (Å²) < 4.78 is 117. The van der Waals surface area contributed by atoms with Crippen molar-refractivity contribution in [3.63, 3.8) is 0 Å². The SMILES string of the molecule is CC(C)OC(=O)[C@H](C)NP(=O)(OC[C@H]1O[C@@H](n2ccc(NC(=O)CC(C)(C)CCC(CCSCc3ccc(C(F)(F)F)cc3)SCc3ccc(C(F)(F)F)cc3)nc2=O)[C@](C)(CO)[C@@H]1O)Oc1ccccc1. The van der Waals surface area contributed by atoms with Crippen molar-refractivity contribution in [1.82, 2.24) is 14.6 Å². The van der Waals surface area contributed by atoms with E-state index in [2.05, 4.69) is 15.4 Å². The zero-order valence-corrected chi connectivity index (χ0v) is 43.1. The number of aliphatic hydroxyl groups is 2. The molecule has 2 heterocycles. The van der Waals surface area contributed by atoms with Crippen LogP contribution in [0.3, 0.4) is 0 Å². The highest BCUT2D eigenvalue weighted by Gasteiger charge is 2.55. The number of halogens is 6. The fraction of sp³-hybridized carbons (Fsp3) is 0.510. The second-order valence-corrected chi connectivity index (χ2v) is 22.9. The van der Waals surface area contributed by atoms with Gasteiger partial charge in [0, 0.05) is 29.4 Å². The summed E-state index contributed by atoms with van der Waals surface area (Å²) in [5, 5.41) is 27.2. The number of para-hydroxylation sites is 1. The van der Waals surface area contributed by atoms with Crippen LogP contribution in [0.1, 0.15) is 95.7 Å². The molecule has 396 valence electrons. The Morgan fingerprint density at radius 3 is 2.06 bits per heavy atom. The highest BCUT2D eigenvalue weighted by Crippen LogP contribution is 2.49. The smallest absolute Gasteiger partial charge is 0.459 e. The first-order chi connectivity index (χ1) is 33.7. The summed E-state index contributed by atoms with van der Waals surface area (Å²) in [5.41, 5.74) is -3.04. The molecule has 72 heavy (non-hydrogen) atoms. The third kappa shape index (κ3) is 17.1. The van der Waals surface area contributed by atoms with Crippen molar-refractivity contribution in [3.8, 4) is 5.75 Å². The van der Waals surface area contributed by atoms with Crippen LogP contribution >= 0.6 is 31.3 Å². The van der Waals surface area contributed by atoms with Gasteiger partial charge in [0.1, 0.15) is 29.9 Å². The Balaban J connectivity index is 1.20. The van der Waals surface area contributed by atoms with Crippen molar-refractivity contribution in [3.05, 3.63) is 124 Å². The minimum Gasteiger partial charge on any atom is -0.462 e. The van der Waals surface area contributed by atoms with Gasteiger partial charge in [-0.25, -0.2) is 9.36 Å². The molecular weight excluding hydrogens is 1010 g/mol. The number of nitrogens with one attached hydrogen (secondary N) is 2. The minimum atomic E-state index is -4.46. The van der Waals surface area contributed by atoms with Crippen molar-refractivity contribution in [2.45, 2.75) is 127 Å². The first kappa shape index (κ1) is 58.5. The highest BCUT2D eigenvalue weighted by molar-refractivity contribution is 7.99. The predicted octanol–water partition coefficient (Wildman–Crippen LogP) is 10.4. The molecule has 0 spiro atoms. The molecule has 4 N–H and O–H groups in total. The number of hydrogen-bond acceptors (Lipinski definition) is 13. The van der Waals surface area contributed by atoms with Gasteiger partial charge in [0.05, 0.1) is 42.0 Å². The van der Waals surface area contributed by atoms with Gasteiger partial charge in [-0.05, 0) is 105 Å². The maximum Gasteiger partial charge on any atom is 0.459 e. The van der Waals surface area contributed by atoms with Crippen molar-refractivity contribution in [2.24, 2.45) is 10.8 Å². The summed E-state index contributed by atoms with van der Waals surface area (Å²) >= 11 is 3.12. The number of carbonyl (C=O) groups is 2. The number of aliphatic hydroxyl groups excluding tert-OH is 2. The summed E-state index contributed by atoms with van der Waals surface area (Å²) in [7, 11) is -4.39. The second-order valence-electron chi connectivity index (χ2n) is 18.8. The summed E-state index contributed by atoms with van der Waals surface area (Å²) in [5.74, 6) is 0.455. The number of benzene rings is 3. The largest absolute Gasteiger partial charge is 0.462 e. The normalized spacial score (nSPS) is 20.2. The number of esters is 1. The van der Waals surface area contributed by atoms with Gasteiger partial charge in [0.15, 0.2) is 0 Å². The molecule has 1 saturated heterocycles. The summed E-state index contributed by atoms with van der Waals surface area (Å²) in [4.78, 5) is 43.6. The van der Waals surface area contributed by atoms with Crippen LogP contribution in [-0.2, 0) is 52.0 Å². The molecule has 1 fully saturated rings. The maximum absolute atomic E-state index is 14.1. The lowest BCUT2D eigenvalue weighted by Crippen LogP contribution is -2.43. The first-order valence-electron chi connectivity index (χ1n) is 23.0. The molecule has 0 radical (unpaired) electrons. The lowest BCUT2D eigenvalue weighted by atomic mass is 9.83. The Morgan fingerprint density at radius 1 is 0.903 bits per heavy atom. The van der Waals surface area contributed by atoms with Crippen LogP contribution in [0.4, 0.5) is 32.2 Å². The average molecular weight is 1080 g/mol. The summed E-state index contributed by atoms with van der Waals surface area (Å²) in [6.45, 7) is 8.70. The molecule has 23 heteroatoms. The molecule has 1 aliphatic rings. The van der Waals surface area contributed by atoms with E-state index in [0.717, 1.165) is 34.4 Å². The number of hydrogen-bond donors (Lipinski definition) is 4. The van der Waals surface area contributed by atoms with Gasteiger partial charge < -0.3 is 29.5 Å². The monoisotopic (exact) mass is 1070 g/mol. The Bertz CT molecular complexity index is 2510. The van der Waals surface area contributed by atoms with E-state index in [4.69, 9.17) is 18.5 Å². The van der Waals surface area contributed by atoms with Crippen molar-refractivity contribution < 1.29 is 69.2 Å². The zero-order valence-electron chi connectivity index (χ0n) is 40.6. The Hall–Kier alpha value is -4.41. The summed E-state index contributed by atoms with van der Waals surface area (Å²) in [6, 6.07) is 18.1. The van der Waals surface area contributed by atoms with E-state index in [0.29, 0.717) is 42.1 Å². The first-order valence-corrected chi connectivity index (χ1v) is 26.8. The van der Waals surface area contributed by atoms with Crippen LogP contribution in [0, 0.1) is 10.8 Å². The van der Waals surface area contributed by atoms with E-state index < -0.39 is 103 Å². The maximum atomic E-state index is 14.1. The predicted molar refractivity (Wildman–Crippen MR) is 263 cm³/mol. The number of nitrogens with zero attached hydrogens (tertiary/aromatic N) is 2. The number of carbonyl (C=O) groups excluding carboxylic acids is 2. The van der Waals surface area contributed by atoms with Crippen LogP contribution in [0.5, 0.6) is 5.75 Å². The van der Waals surface area contributed by atoms with Crippen molar-refractivity contribution in [2.75, 3.05) is 24.3 Å². The Kier molecular flexibility index (Phi) is 20.5. The standard InChI is InChI=1S/C49H61F6N4O10PS2/c1-31(2)67-43(63)32(3)58-70(65,69-37-10-8-7-9-11-37)66-27-39-42(62)47(6,30-60)44(68-39)59-24-21-40(57-45(59)64)56-41(61)26-46(4,5)23-20-38(72-29-34-14-18-36(19-15-34)49(53,54)55)22-25-71-28-33-12-16-35(17-13-33)48(50,51)52/h7-19,21,24,31-32,38-39,42,44,60,62H,20,22-23,25-30H2,1-6H3,(H,58,65)(H,56,57,61,64)/t32-,38?,39+,42+,44+,47+,70?/m0/s1. The van der Waals surface area contributed by atoms with E-state index in [1.807, 2.05) is 13.8 Å². The van der Waals surface area contributed by atoms with E-state index in [1.165, 1.54) is 62.5 Å². The van der Waals surface area contributed by atoms with Crippen molar-refractivity contribution in [1.29, 1.82) is 0 Å². The van der Waals surface area contributed by atoms with Crippen LogP contribution in [0.2, 0.25) is 0 Å². The summed E-state index contributed by atoms with van der Waals surface area (Å²) in [6.07, 6.45) is -10.3. The molecule has 0 saturated carbocycles. The van der Waals surface area contributed by atoms with Gasteiger partial charge in [0.2, 0.25) is 5.91 Å². The van der Waals surface area contributed by atoms with Crippen LogP contribution in [-0.4, -0.2) is 80.2 Å². The number of amides is 1. The second kappa shape index (κ2) is 25.2. The van der Waals surface area contributed by atoms with E-state index >= 15 is 0 Å². The van der Waals surface area contributed by atoms with Gasteiger partial charge in [-0.3, -0.25) is 18.7 Å². The third-order valence-electron chi connectivity index (χ3n) is 11.7. The zero-order chi connectivity index (χ0) is 53.1. The molecule has 2 unspecified atom stereocenters. The molecule has 14 nitrogen and oxygen atoms in total. The van der Waals surface area contributed by atoms with Gasteiger partial charge in [-0.2, -0.15) is 59.9 Å². The van der Waals surface area contributed by atoms with E-state index in [1.54, 1.807) is 55.6 Å². The van der Waals surface area contributed by atoms with Crippen LogP contribution < -0.4 is 20.6 Å². The van der Waals surface area contributed by atoms with E-state index in [-0.39, 0.29) is 23.2 Å². The lowest BCUT2D eigenvalue weighted by molar-refractivity contribution is -0.149. The Labute approximate surface area is 422 Å². The quantitative estimate of drug-likeness (QED) is 0.0212. The van der Waals surface area contributed by atoms with E-state index in [9.17, 15) is 55.5 Å². The molecule has 1 aromatic heterocycles. The molecule has 4 aromatic rings. The molecule has 3 aromatic carbocycles. The number of alkyl halides is 6. The molecule has 1 amide bonds. The average Bonchev–Trinajstić information content (AvgIpc) is 3.55. The number of thioether (sulfide) groups is 2. The highest BCUT2D eigenvalue weighted by atomic mass is 32.2. The Morgan fingerprint density at radius 2 is 1.50 bits per heavy atom.